The predicted molar refractivity (Wildman–Crippen MR) is 98.8 cm³/mol. The molecule has 7 heteroatoms. The van der Waals surface area contributed by atoms with Crippen molar-refractivity contribution in [3.63, 3.8) is 0 Å². The fourth-order valence-corrected chi connectivity index (χ4v) is 3.45. The van der Waals surface area contributed by atoms with Crippen molar-refractivity contribution >= 4 is 6.03 Å². The lowest BCUT2D eigenvalue weighted by Gasteiger charge is -2.36. The molecule has 2 aromatic rings. The van der Waals surface area contributed by atoms with Crippen molar-refractivity contribution < 1.29 is 9.32 Å². The molecule has 0 spiro atoms. The van der Waals surface area contributed by atoms with Gasteiger partial charge in [-0.15, -0.1) is 0 Å². The maximum atomic E-state index is 12.7. The van der Waals surface area contributed by atoms with E-state index in [2.05, 4.69) is 33.9 Å². The Morgan fingerprint density at radius 3 is 2.96 bits per heavy atom. The molecule has 0 aromatic carbocycles. The summed E-state index contributed by atoms with van der Waals surface area (Å²) in [7, 11) is 0. The van der Waals surface area contributed by atoms with E-state index < -0.39 is 0 Å². The van der Waals surface area contributed by atoms with E-state index in [0.29, 0.717) is 12.5 Å². The number of hydrogen-bond acceptors (Lipinski definition) is 4. The van der Waals surface area contributed by atoms with Crippen LogP contribution in [0.1, 0.15) is 62.7 Å². The third kappa shape index (κ3) is 4.45. The number of urea groups is 1. The molecule has 1 unspecified atom stereocenters. The number of aryl methyl sites for hydroxylation is 2. The molecule has 0 saturated carbocycles. The number of carbonyl (C=O) groups is 1. The first-order valence-corrected chi connectivity index (χ1v) is 9.52. The highest BCUT2D eigenvalue weighted by Gasteiger charge is 2.26. The van der Waals surface area contributed by atoms with E-state index in [0.717, 1.165) is 49.6 Å². The monoisotopic (exact) mass is 359 g/mol. The SMILES string of the molecule is Cc1nccn1CCC1CCCCN1C(=O)NCc1cc(C(C)C)on1. The van der Waals surface area contributed by atoms with Crippen molar-refractivity contribution in [2.45, 2.75) is 71.5 Å². The van der Waals surface area contributed by atoms with Crippen LogP contribution in [0.5, 0.6) is 0 Å². The van der Waals surface area contributed by atoms with E-state index in [4.69, 9.17) is 4.52 Å². The molecule has 1 aliphatic heterocycles. The maximum Gasteiger partial charge on any atom is 0.317 e. The fraction of sp³-hybridized carbons (Fsp3) is 0.632. The minimum atomic E-state index is -0.00819. The molecular weight excluding hydrogens is 330 g/mol. The summed E-state index contributed by atoms with van der Waals surface area (Å²) < 4.78 is 7.44. The Morgan fingerprint density at radius 2 is 2.27 bits per heavy atom. The van der Waals surface area contributed by atoms with Gasteiger partial charge in [-0.2, -0.15) is 0 Å². The van der Waals surface area contributed by atoms with Gasteiger partial charge in [0.05, 0.1) is 6.54 Å². The van der Waals surface area contributed by atoms with Crippen molar-refractivity contribution in [2.24, 2.45) is 0 Å². The van der Waals surface area contributed by atoms with E-state index in [1.165, 1.54) is 6.42 Å². The van der Waals surface area contributed by atoms with E-state index in [-0.39, 0.29) is 12.1 Å². The third-order valence-electron chi connectivity index (χ3n) is 5.08. The molecular formula is C19H29N5O2. The summed E-state index contributed by atoms with van der Waals surface area (Å²) in [6, 6.07) is 2.18. The van der Waals surface area contributed by atoms with E-state index in [1.54, 1.807) is 0 Å². The molecule has 7 nitrogen and oxygen atoms in total. The lowest BCUT2D eigenvalue weighted by Crippen LogP contribution is -2.48. The number of piperidine rings is 1. The molecule has 0 bridgehead atoms. The summed E-state index contributed by atoms with van der Waals surface area (Å²) in [6.45, 7) is 8.23. The van der Waals surface area contributed by atoms with Gasteiger partial charge in [-0.05, 0) is 32.6 Å². The third-order valence-corrected chi connectivity index (χ3v) is 5.08. The van der Waals surface area contributed by atoms with Gasteiger partial charge >= 0.3 is 6.03 Å². The molecule has 0 aliphatic carbocycles. The Labute approximate surface area is 154 Å². The van der Waals surface area contributed by atoms with Gasteiger partial charge < -0.3 is 19.3 Å². The van der Waals surface area contributed by atoms with Crippen LogP contribution in [0.25, 0.3) is 0 Å². The van der Waals surface area contributed by atoms with E-state index in [9.17, 15) is 4.79 Å². The van der Waals surface area contributed by atoms with Crippen LogP contribution in [0.4, 0.5) is 4.79 Å². The fourth-order valence-electron chi connectivity index (χ4n) is 3.45. The number of aromatic nitrogens is 3. The summed E-state index contributed by atoms with van der Waals surface area (Å²) in [5, 5.41) is 7.04. The molecule has 1 aliphatic rings. The maximum absolute atomic E-state index is 12.7. The topological polar surface area (TPSA) is 76.2 Å². The second-order valence-corrected chi connectivity index (χ2v) is 7.33. The van der Waals surface area contributed by atoms with Crippen LogP contribution in [0.2, 0.25) is 0 Å². The number of likely N-dealkylation sites (tertiary alicyclic amines) is 1. The standard InChI is InChI=1S/C19H29N5O2/c1-14(2)18-12-16(22-26-18)13-21-19(25)24-9-5-4-6-17(24)7-10-23-11-8-20-15(23)3/h8,11-12,14,17H,4-7,9-10,13H2,1-3H3,(H,21,25). The molecule has 3 heterocycles. The average Bonchev–Trinajstić information content (AvgIpc) is 3.27. The van der Waals surface area contributed by atoms with Crippen LogP contribution >= 0.6 is 0 Å². The first-order valence-electron chi connectivity index (χ1n) is 9.52. The van der Waals surface area contributed by atoms with Crippen LogP contribution in [0.15, 0.2) is 23.0 Å². The summed E-state index contributed by atoms with van der Waals surface area (Å²) >= 11 is 0. The lowest BCUT2D eigenvalue weighted by molar-refractivity contribution is 0.143. The highest BCUT2D eigenvalue weighted by atomic mass is 16.5. The van der Waals surface area contributed by atoms with Gasteiger partial charge in [0.2, 0.25) is 0 Å². The van der Waals surface area contributed by atoms with Gasteiger partial charge in [-0.1, -0.05) is 19.0 Å². The zero-order valence-corrected chi connectivity index (χ0v) is 15.9. The van der Waals surface area contributed by atoms with E-state index in [1.807, 2.05) is 30.3 Å². The Balaban J connectivity index is 1.54. The first-order chi connectivity index (χ1) is 12.5. The lowest BCUT2D eigenvalue weighted by atomic mass is 9.99. The number of nitrogens with zero attached hydrogens (tertiary/aromatic N) is 4. The largest absolute Gasteiger partial charge is 0.361 e. The number of nitrogens with one attached hydrogen (secondary N) is 1. The van der Waals surface area contributed by atoms with Crippen LogP contribution in [0.3, 0.4) is 0 Å². The summed E-state index contributed by atoms with van der Waals surface area (Å²) in [4.78, 5) is 18.9. The van der Waals surface area contributed by atoms with Gasteiger partial charge in [0.1, 0.15) is 17.3 Å². The molecule has 2 aromatic heterocycles. The second kappa shape index (κ2) is 8.38. The Bertz CT molecular complexity index is 721. The van der Waals surface area contributed by atoms with Crippen molar-refractivity contribution in [1.29, 1.82) is 0 Å². The number of hydrogen-bond donors (Lipinski definition) is 1. The molecule has 0 radical (unpaired) electrons. The number of imidazole rings is 1. The number of rotatable bonds is 6. The second-order valence-electron chi connectivity index (χ2n) is 7.33. The molecule has 3 rings (SSSR count). The van der Waals surface area contributed by atoms with Gasteiger partial charge in [0.15, 0.2) is 0 Å². The zero-order chi connectivity index (χ0) is 18.5. The van der Waals surface area contributed by atoms with Crippen molar-refractivity contribution in [3.05, 3.63) is 35.7 Å². The molecule has 1 N–H and O–H groups in total. The highest BCUT2D eigenvalue weighted by molar-refractivity contribution is 5.74. The summed E-state index contributed by atoms with van der Waals surface area (Å²) in [6.07, 6.45) is 8.08. The molecule has 2 amide bonds. The number of carbonyl (C=O) groups excluding carboxylic acids is 1. The summed E-state index contributed by atoms with van der Waals surface area (Å²) in [5.74, 6) is 2.16. The van der Waals surface area contributed by atoms with Crippen molar-refractivity contribution in [1.82, 2.24) is 24.9 Å². The molecule has 26 heavy (non-hydrogen) atoms. The Morgan fingerprint density at radius 1 is 1.42 bits per heavy atom. The van der Waals surface area contributed by atoms with Crippen molar-refractivity contribution in [2.75, 3.05) is 6.54 Å². The molecule has 142 valence electrons. The van der Waals surface area contributed by atoms with Crippen LogP contribution < -0.4 is 5.32 Å². The quantitative estimate of drug-likeness (QED) is 0.857. The van der Waals surface area contributed by atoms with Gasteiger partial charge in [0.25, 0.3) is 0 Å². The average molecular weight is 359 g/mol. The minimum absolute atomic E-state index is 0.00819. The van der Waals surface area contributed by atoms with Crippen LogP contribution in [-0.2, 0) is 13.1 Å². The van der Waals surface area contributed by atoms with Gasteiger partial charge in [-0.3, -0.25) is 0 Å². The highest BCUT2D eigenvalue weighted by Crippen LogP contribution is 2.21. The first kappa shape index (κ1) is 18.5. The molecule has 1 fully saturated rings. The smallest absolute Gasteiger partial charge is 0.317 e. The summed E-state index contributed by atoms with van der Waals surface area (Å²) in [5.41, 5.74) is 0.768. The number of amides is 2. The normalized spacial score (nSPS) is 17.7. The van der Waals surface area contributed by atoms with Crippen LogP contribution in [0, 0.1) is 6.92 Å². The zero-order valence-electron chi connectivity index (χ0n) is 15.9. The Hall–Kier alpha value is -2.31. The van der Waals surface area contributed by atoms with E-state index >= 15 is 0 Å². The van der Waals surface area contributed by atoms with Gasteiger partial charge in [-0.25, -0.2) is 9.78 Å². The molecule has 1 saturated heterocycles. The van der Waals surface area contributed by atoms with Gasteiger partial charge in [0, 0.05) is 43.5 Å². The van der Waals surface area contributed by atoms with Crippen LogP contribution in [-0.4, -0.2) is 38.2 Å². The van der Waals surface area contributed by atoms with Crippen molar-refractivity contribution in [3.8, 4) is 0 Å². The predicted octanol–water partition coefficient (Wildman–Crippen LogP) is 3.46. The Kier molecular flexibility index (Phi) is 5.96. The minimum Gasteiger partial charge on any atom is -0.361 e. The molecule has 1 atom stereocenters.